The Labute approximate surface area is 156 Å². The van der Waals surface area contributed by atoms with E-state index < -0.39 is 0 Å². The predicted molar refractivity (Wildman–Crippen MR) is 110 cm³/mol. The van der Waals surface area contributed by atoms with Crippen molar-refractivity contribution in [2.24, 2.45) is 5.92 Å². The maximum absolute atomic E-state index is 3.87. The minimum atomic E-state index is 0.701. The smallest absolute Gasteiger partial charge is 0.00672 e. The van der Waals surface area contributed by atoms with Crippen molar-refractivity contribution in [3.63, 3.8) is 0 Å². The average molecular weight is 345 g/mol. The molecule has 1 aliphatic rings. The Balaban J connectivity index is 1.63. The molecule has 1 N–H and O–H groups in total. The van der Waals surface area contributed by atoms with Crippen molar-refractivity contribution in [2.75, 3.05) is 26.2 Å². The van der Waals surface area contributed by atoms with Gasteiger partial charge in [-0.1, -0.05) is 50.6 Å². The summed E-state index contributed by atoms with van der Waals surface area (Å²) < 4.78 is 0. The minimum Gasteiger partial charge on any atom is -0.314 e. The Kier molecular flexibility index (Phi) is 10.2. The van der Waals surface area contributed by atoms with E-state index in [4.69, 9.17) is 0 Å². The highest BCUT2D eigenvalue weighted by molar-refractivity contribution is 5.14. The van der Waals surface area contributed by atoms with Crippen molar-refractivity contribution in [1.82, 2.24) is 10.2 Å². The van der Waals surface area contributed by atoms with Crippen molar-refractivity contribution >= 4 is 0 Å². The first-order chi connectivity index (χ1) is 12.2. The third-order valence-corrected chi connectivity index (χ3v) is 5.49. The number of aryl methyl sites for hydroxylation is 1. The molecule has 0 saturated carbocycles. The fourth-order valence-corrected chi connectivity index (χ4v) is 3.87. The maximum Gasteiger partial charge on any atom is 0.00672 e. The second-order valence-corrected chi connectivity index (χ2v) is 8.26. The molecule has 1 aliphatic heterocycles. The molecule has 2 heteroatoms. The van der Waals surface area contributed by atoms with E-state index in [0.29, 0.717) is 6.04 Å². The summed E-state index contributed by atoms with van der Waals surface area (Å²) in [7, 11) is 0. The molecule has 1 saturated heterocycles. The van der Waals surface area contributed by atoms with E-state index in [-0.39, 0.29) is 0 Å². The van der Waals surface area contributed by atoms with Crippen LogP contribution >= 0.6 is 0 Å². The molecule has 142 valence electrons. The maximum atomic E-state index is 3.87. The number of hydrogen-bond acceptors (Lipinski definition) is 2. The van der Waals surface area contributed by atoms with Gasteiger partial charge < -0.3 is 10.2 Å². The first kappa shape index (κ1) is 20.5. The second-order valence-electron chi connectivity index (χ2n) is 8.26. The fraction of sp³-hybridized carbons (Fsp3) is 0.739. The molecule has 0 bridgehead atoms. The van der Waals surface area contributed by atoms with Crippen LogP contribution in [0.3, 0.4) is 0 Å². The van der Waals surface area contributed by atoms with Gasteiger partial charge in [-0.3, -0.25) is 0 Å². The first-order valence-electron chi connectivity index (χ1n) is 10.7. The third kappa shape index (κ3) is 9.42. The van der Waals surface area contributed by atoms with E-state index in [9.17, 15) is 0 Å². The van der Waals surface area contributed by atoms with Gasteiger partial charge in [0, 0.05) is 6.04 Å². The fourth-order valence-electron chi connectivity index (χ4n) is 3.87. The lowest BCUT2D eigenvalue weighted by Gasteiger charge is -2.27. The summed E-state index contributed by atoms with van der Waals surface area (Å²) in [6, 6.07) is 11.6. The lowest BCUT2D eigenvalue weighted by molar-refractivity contribution is 0.224. The predicted octanol–water partition coefficient (Wildman–Crippen LogP) is 5.28. The lowest BCUT2D eigenvalue weighted by Crippen LogP contribution is -2.35. The van der Waals surface area contributed by atoms with E-state index in [0.717, 1.165) is 5.92 Å². The summed E-state index contributed by atoms with van der Waals surface area (Å²) in [6.07, 6.45) is 12.1. The lowest BCUT2D eigenvalue weighted by atomic mass is 9.98. The van der Waals surface area contributed by atoms with Crippen LogP contribution in [0.5, 0.6) is 0 Å². The average Bonchev–Trinajstić information content (AvgIpc) is 2.64. The standard InChI is InChI=1S/C23H40N2/c1-21(2)15-16-23(14-9-13-22-11-5-3-6-12-22)24-17-10-20-25-18-7-4-8-19-25/h3,5-6,11-12,21,23-24H,4,7-10,13-20H2,1-2H3. The van der Waals surface area contributed by atoms with E-state index in [1.165, 1.54) is 89.5 Å². The SMILES string of the molecule is CC(C)CCC(CCCc1ccccc1)NCCCN1CCCCC1. The van der Waals surface area contributed by atoms with Gasteiger partial charge in [0.15, 0.2) is 0 Å². The Bertz CT molecular complexity index is 423. The summed E-state index contributed by atoms with van der Waals surface area (Å²) in [4.78, 5) is 2.66. The summed E-state index contributed by atoms with van der Waals surface area (Å²) in [6.45, 7) is 9.81. The Morgan fingerprint density at radius 3 is 2.40 bits per heavy atom. The molecule has 2 nitrogen and oxygen atoms in total. The Morgan fingerprint density at radius 2 is 1.68 bits per heavy atom. The van der Waals surface area contributed by atoms with Crippen LogP contribution in [0, 0.1) is 5.92 Å². The quantitative estimate of drug-likeness (QED) is 0.519. The highest BCUT2D eigenvalue weighted by atomic mass is 15.1. The molecule has 0 radical (unpaired) electrons. The Hall–Kier alpha value is -0.860. The van der Waals surface area contributed by atoms with Gasteiger partial charge in [-0.2, -0.15) is 0 Å². The van der Waals surface area contributed by atoms with Crippen LogP contribution in [-0.2, 0) is 6.42 Å². The summed E-state index contributed by atoms with van der Waals surface area (Å²) in [5.74, 6) is 0.812. The van der Waals surface area contributed by atoms with Gasteiger partial charge in [-0.15, -0.1) is 0 Å². The minimum absolute atomic E-state index is 0.701. The van der Waals surface area contributed by atoms with Gasteiger partial charge in [0.2, 0.25) is 0 Å². The summed E-state index contributed by atoms with van der Waals surface area (Å²) in [5, 5.41) is 3.87. The van der Waals surface area contributed by atoms with Crippen LogP contribution in [0.4, 0.5) is 0 Å². The monoisotopic (exact) mass is 344 g/mol. The molecule has 0 aromatic heterocycles. The summed E-state index contributed by atoms with van der Waals surface area (Å²) in [5.41, 5.74) is 1.48. The number of benzene rings is 1. The molecule has 25 heavy (non-hydrogen) atoms. The molecule has 1 atom stereocenters. The van der Waals surface area contributed by atoms with Crippen molar-refractivity contribution in [3.8, 4) is 0 Å². The normalized spacial score (nSPS) is 17.1. The number of likely N-dealkylation sites (tertiary alicyclic amines) is 1. The third-order valence-electron chi connectivity index (χ3n) is 5.49. The zero-order valence-corrected chi connectivity index (χ0v) is 16.7. The molecular formula is C23H40N2. The van der Waals surface area contributed by atoms with E-state index >= 15 is 0 Å². The van der Waals surface area contributed by atoms with Crippen LogP contribution in [0.1, 0.15) is 70.8 Å². The molecule has 1 aromatic carbocycles. The number of nitrogens with zero attached hydrogens (tertiary/aromatic N) is 1. The number of hydrogen-bond donors (Lipinski definition) is 1. The van der Waals surface area contributed by atoms with E-state index in [1.54, 1.807) is 0 Å². The highest BCUT2D eigenvalue weighted by Crippen LogP contribution is 2.14. The van der Waals surface area contributed by atoms with Crippen LogP contribution < -0.4 is 5.32 Å². The van der Waals surface area contributed by atoms with Crippen molar-refractivity contribution in [3.05, 3.63) is 35.9 Å². The number of rotatable bonds is 12. The van der Waals surface area contributed by atoms with Crippen molar-refractivity contribution < 1.29 is 0 Å². The van der Waals surface area contributed by atoms with Crippen LogP contribution in [-0.4, -0.2) is 37.1 Å². The van der Waals surface area contributed by atoms with Gasteiger partial charge in [0.25, 0.3) is 0 Å². The van der Waals surface area contributed by atoms with Crippen LogP contribution in [0.2, 0.25) is 0 Å². The van der Waals surface area contributed by atoms with Crippen LogP contribution in [0.25, 0.3) is 0 Å². The number of nitrogens with one attached hydrogen (secondary N) is 1. The molecule has 1 heterocycles. The van der Waals surface area contributed by atoms with Gasteiger partial charge in [0.05, 0.1) is 0 Å². The molecule has 2 rings (SSSR count). The van der Waals surface area contributed by atoms with Gasteiger partial charge >= 0.3 is 0 Å². The van der Waals surface area contributed by atoms with E-state index in [2.05, 4.69) is 54.4 Å². The van der Waals surface area contributed by atoms with Gasteiger partial charge in [0.1, 0.15) is 0 Å². The van der Waals surface area contributed by atoms with Gasteiger partial charge in [-0.05, 0) is 89.0 Å². The van der Waals surface area contributed by atoms with Crippen LogP contribution in [0.15, 0.2) is 30.3 Å². The molecular weight excluding hydrogens is 304 g/mol. The molecule has 1 unspecified atom stereocenters. The topological polar surface area (TPSA) is 15.3 Å². The zero-order valence-electron chi connectivity index (χ0n) is 16.7. The van der Waals surface area contributed by atoms with Crippen molar-refractivity contribution in [2.45, 2.75) is 77.7 Å². The van der Waals surface area contributed by atoms with Gasteiger partial charge in [-0.25, -0.2) is 0 Å². The largest absolute Gasteiger partial charge is 0.314 e. The molecule has 0 aliphatic carbocycles. The molecule has 1 fully saturated rings. The first-order valence-corrected chi connectivity index (χ1v) is 10.7. The second kappa shape index (κ2) is 12.5. The number of piperidine rings is 1. The zero-order chi connectivity index (χ0) is 17.7. The molecule has 0 amide bonds. The van der Waals surface area contributed by atoms with Crippen molar-refractivity contribution in [1.29, 1.82) is 0 Å². The molecule has 0 spiro atoms. The Morgan fingerprint density at radius 1 is 0.920 bits per heavy atom. The molecule has 1 aromatic rings. The van der Waals surface area contributed by atoms with E-state index in [1.807, 2.05) is 0 Å². The highest BCUT2D eigenvalue weighted by Gasteiger charge is 2.11. The summed E-state index contributed by atoms with van der Waals surface area (Å²) >= 11 is 0.